The van der Waals surface area contributed by atoms with Crippen LogP contribution >= 0.6 is 11.8 Å². The highest BCUT2D eigenvalue weighted by Gasteiger charge is 2.08. The number of hydrogen-bond acceptors (Lipinski definition) is 3. The van der Waals surface area contributed by atoms with Gasteiger partial charge in [-0.3, -0.25) is 0 Å². The van der Waals surface area contributed by atoms with Crippen molar-refractivity contribution in [1.82, 2.24) is 0 Å². The average Bonchev–Trinajstić information content (AvgIpc) is 2.27. The molecule has 0 unspecified atom stereocenters. The summed E-state index contributed by atoms with van der Waals surface area (Å²) in [7, 11) is 0. The Morgan fingerprint density at radius 2 is 2.40 bits per heavy atom. The maximum Gasteiger partial charge on any atom is 0.138 e. The first-order valence-corrected chi connectivity index (χ1v) is 5.71. The molecule has 0 saturated heterocycles. The maximum absolute atomic E-state index is 9.06. The van der Waals surface area contributed by atoms with Crippen molar-refractivity contribution < 1.29 is 4.74 Å². The van der Waals surface area contributed by atoms with Crippen molar-refractivity contribution >= 4 is 11.8 Å². The van der Waals surface area contributed by atoms with E-state index in [1.165, 1.54) is 0 Å². The van der Waals surface area contributed by atoms with Crippen molar-refractivity contribution in [2.24, 2.45) is 0 Å². The second-order valence-electron chi connectivity index (χ2n) is 2.77. The molecule has 1 aromatic carbocycles. The number of thioether (sulfide) groups is 1. The third-order valence-electron chi connectivity index (χ3n) is 1.76. The Morgan fingerprint density at radius 3 is 3.00 bits per heavy atom. The number of nitriles is 1. The molecule has 1 aromatic rings. The molecule has 0 radical (unpaired) electrons. The zero-order chi connectivity index (χ0) is 11.1. The maximum atomic E-state index is 9.06. The molecular weight excluding hydrogens is 206 g/mol. The highest BCUT2D eigenvalue weighted by Crippen LogP contribution is 2.29. The first kappa shape index (κ1) is 11.7. The van der Waals surface area contributed by atoms with Gasteiger partial charge in [0.15, 0.2) is 0 Å². The molecule has 0 aromatic heterocycles. The molecule has 78 valence electrons. The molecule has 0 saturated carbocycles. The van der Waals surface area contributed by atoms with E-state index in [1.807, 2.05) is 18.2 Å². The average molecular weight is 219 g/mol. The van der Waals surface area contributed by atoms with E-state index in [2.05, 4.69) is 19.6 Å². The quantitative estimate of drug-likeness (QED) is 0.563. The molecule has 0 spiro atoms. The van der Waals surface area contributed by atoms with Crippen molar-refractivity contribution in [1.29, 1.82) is 5.26 Å². The number of ether oxygens (including phenoxy) is 1. The minimum Gasteiger partial charge on any atom is -0.488 e. The Hall–Kier alpha value is -1.40. The Bertz CT molecular complexity index is 382. The summed E-state index contributed by atoms with van der Waals surface area (Å²) in [4.78, 5) is 0.974. The lowest BCUT2D eigenvalue weighted by Gasteiger charge is -2.08. The van der Waals surface area contributed by atoms with Gasteiger partial charge in [-0.25, -0.2) is 0 Å². The van der Waals surface area contributed by atoms with Gasteiger partial charge >= 0.3 is 0 Å². The number of rotatable bonds is 5. The van der Waals surface area contributed by atoms with Crippen LogP contribution in [0.25, 0.3) is 0 Å². The largest absolute Gasteiger partial charge is 0.488 e. The summed E-state index contributed by atoms with van der Waals surface area (Å²) in [6.45, 7) is 6.06. The predicted octanol–water partition coefficient (Wildman–Crippen LogP) is 3.24. The zero-order valence-corrected chi connectivity index (χ0v) is 9.51. The molecule has 2 nitrogen and oxygen atoms in total. The fraction of sp³-hybridized carbons (Fsp3) is 0.250. The highest BCUT2D eigenvalue weighted by molar-refractivity contribution is 7.99. The smallest absolute Gasteiger partial charge is 0.138 e. The van der Waals surface area contributed by atoms with Crippen molar-refractivity contribution in [3.8, 4) is 11.8 Å². The van der Waals surface area contributed by atoms with Crippen molar-refractivity contribution in [2.45, 2.75) is 11.8 Å². The Kier molecular flexibility index (Phi) is 4.79. The molecule has 0 aliphatic carbocycles. The summed E-state index contributed by atoms with van der Waals surface area (Å²) < 4.78 is 5.41. The summed E-state index contributed by atoms with van der Waals surface area (Å²) >= 11 is 1.65. The monoisotopic (exact) mass is 219 g/mol. The van der Waals surface area contributed by atoms with Crippen molar-refractivity contribution in [3.63, 3.8) is 0 Å². The molecule has 0 aliphatic heterocycles. The molecule has 0 bridgehead atoms. The van der Waals surface area contributed by atoms with Crippen LogP contribution in [-0.4, -0.2) is 12.4 Å². The minimum absolute atomic E-state index is 0.426. The molecule has 0 heterocycles. The van der Waals surface area contributed by atoms with E-state index in [0.717, 1.165) is 10.6 Å². The first-order valence-electron chi connectivity index (χ1n) is 4.73. The van der Waals surface area contributed by atoms with Crippen LogP contribution in [0.1, 0.15) is 12.5 Å². The zero-order valence-electron chi connectivity index (χ0n) is 8.69. The predicted molar refractivity (Wildman–Crippen MR) is 63.2 cm³/mol. The van der Waals surface area contributed by atoms with E-state index < -0.39 is 0 Å². The van der Waals surface area contributed by atoms with E-state index in [-0.39, 0.29) is 0 Å². The van der Waals surface area contributed by atoms with Crippen LogP contribution in [0.3, 0.4) is 0 Å². The van der Waals surface area contributed by atoms with Crippen LogP contribution in [-0.2, 0) is 0 Å². The Labute approximate surface area is 94.6 Å². The van der Waals surface area contributed by atoms with Gasteiger partial charge < -0.3 is 4.74 Å². The van der Waals surface area contributed by atoms with E-state index in [0.29, 0.717) is 17.9 Å². The summed E-state index contributed by atoms with van der Waals surface area (Å²) in [6.07, 6.45) is 1.67. The summed E-state index contributed by atoms with van der Waals surface area (Å²) in [6, 6.07) is 7.82. The number of hydrogen-bond donors (Lipinski definition) is 0. The molecule has 0 fully saturated rings. The molecule has 3 heteroatoms. The Balaban J connectivity index is 3.00. The molecule has 15 heavy (non-hydrogen) atoms. The van der Waals surface area contributed by atoms with Crippen LogP contribution in [0.4, 0.5) is 0 Å². The van der Waals surface area contributed by atoms with Gasteiger partial charge in [0.1, 0.15) is 24.0 Å². The summed E-state index contributed by atoms with van der Waals surface area (Å²) in [5.74, 6) is 1.58. The van der Waals surface area contributed by atoms with E-state index in [9.17, 15) is 0 Å². The molecule has 0 N–H and O–H groups in total. The first-order chi connectivity index (χ1) is 7.33. The fourth-order valence-corrected chi connectivity index (χ4v) is 1.94. The second kappa shape index (κ2) is 6.15. The van der Waals surface area contributed by atoms with Crippen LogP contribution < -0.4 is 4.74 Å². The third kappa shape index (κ3) is 3.03. The molecule has 0 atom stereocenters. The van der Waals surface area contributed by atoms with Crippen LogP contribution in [0.5, 0.6) is 5.75 Å². The normalized spacial score (nSPS) is 9.33. The summed E-state index contributed by atoms with van der Waals surface area (Å²) in [5.41, 5.74) is 0.617. The lowest BCUT2D eigenvalue weighted by molar-refractivity contribution is 0.361. The Morgan fingerprint density at radius 1 is 1.60 bits per heavy atom. The topological polar surface area (TPSA) is 33.0 Å². The van der Waals surface area contributed by atoms with E-state index in [1.54, 1.807) is 17.8 Å². The van der Waals surface area contributed by atoms with Crippen LogP contribution in [0, 0.1) is 11.3 Å². The molecule has 1 rings (SSSR count). The SMILES string of the molecule is C=CCOc1cccc(SCC)c1C#N. The van der Waals surface area contributed by atoms with Crippen molar-refractivity contribution in [2.75, 3.05) is 12.4 Å². The molecule has 0 amide bonds. The standard InChI is InChI=1S/C12H13NOS/c1-3-8-14-11-6-5-7-12(15-4-2)10(11)9-13/h3,5-7H,1,4,8H2,2H3. The van der Waals surface area contributed by atoms with Gasteiger partial charge in [-0.1, -0.05) is 25.6 Å². The van der Waals surface area contributed by atoms with E-state index >= 15 is 0 Å². The van der Waals surface area contributed by atoms with Crippen molar-refractivity contribution in [3.05, 3.63) is 36.4 Å². The fourth-order valence-electron chi connectivity index (χ4n) is 1.17. The van der Waals surface area contributed by atoms with Gasteiger partial charge in [-0.2, -0.15) is 5.26 Å². The van der Waals surface area contributed by atoms with Crippen LogP contribution in [0.2, 0.25) is 0 Å². The second-order valence-corrected chi connectivity index (χ2v) is 4.08. The van der Waals surface area contributed by atoms with Gasteiger partial charge in [0.2, 0.25) is 0 Å². The molecular formula is C12H13NOS. The number of benzene rings is 1. The van der Waals surface area contributed by atoms with Gasteiger partial charge in [0.25, 0.3) is 0 Å². The van der Waals surface area contributed by atoms with Crippen LogP contribution in [0.15, 0.2) is 35.7 Å². The van der Waals surface area contributed by atoms with Gasteiger partial charge in [0.05, 0.1) is 0 Å². The summed E-state index contributed by atoms with van der Waals surface area (Å²) in [5, 5.41) is 9.06. The number of nitrogens with zero attached hydrogens (tertiary/aromatic N) is 1. The molecule has 0 aliphatic rings. The minimum atomic E-state index is 0.426. The van der Waals surface area contributed by atoms with Gasteiger partial charge in [-0.05, 0) is 17.9 Å². The highest BCUT2D eigenvalue weighted by atomic mass is 32.2. The lowest BCUT2D eigenvalue weighted by atomic mass is 10.2. The van der Waals surface area contributed by atoms with Gasteiger partial charge in [-0.15, -0.1) is 11.8 Å². The van der Waals surface area contributed by atoms with E-state index in [4.69, 9.17) is 10.00 Å². The third-order valence-corrected chi connectivity index (χ3v) is 2.70. The van der Waals surface area contributed by atoms with Gasteiger partial charge in [0, 0.05) is 4.90 Å². The lowest BCUT2D eigenvalue weighted by Crippen LogP contribution is -1.96.